The highest BCUT2D eigenvalue weighted by Gasteiger charge is 2.21. The molecule has 24 heavy (non-hydrogen) atoms. The molecule has 1 unspecified atom stereocenters. The summed E-state index contributed by atoms with van der Waals surface area (Å²) >= 11 is 0. The Labute approximate surface area is 146 Å². The van der Waals surface area contributed by atoms with Crippen molar-refractivity contribution in [3.05, 3.63) is 59.7 Å². The molecular weight excluding hydrogens is 296 g/mol. The summed E-state index contributed by atoms with van der Waals surface area (Å²) in [6.45, 7) is 2.18. The van der Waals surface area contributed by atoms with Crippen LogP contribution in [0.5, 0.6) is 0 Å². The molecule has 0 amide bonds. The van der Waals surface area contributed by atoms with Crippen molar-refractivity contribution in [3.8, 4) is 0 Å². The highest BCUT2D eigenvalue weighted by Crippen LogP contribution is 2.37. The van der Waals surface area contributed by atoms with Crippen molar-refractivity contribution >= 4 is 5.97 Å². The van der Waals surface area contributed by atoms with Gasteiger partial charge in [-0.2, -0.15) is 0 Å². The average Bonchev–Trinajstić information content (AvgIpc) is 3.03. The Morgan fingerprint density at radius 2 is 2.08 bits per heavy atom. The smallest absolute Gasteiger partial charge is 0.303 e. The van der Waals surface area contributed by atoms with E-state index >= 15 is 0 Å². The molecule has 0 radical (unpaired) electrons. The van der Waals surface area contributed by atoms with Gasteiger partial charge in [0.25, 0.3) is 0 Å². The van der Waals surface area contributed by atoms with Gasteiger partial charge in [-0.3, -0.25) is 4.79 Å². The van der Waals surface area contributed by atoms with Gasteiger partial charge in [0.1, 0.15) is 0 Å². The molecule has 1 aliphatic carbocycles. The van der Waals surface area contributed by atoms with E-state index in [1.165, 1.54) is 18.4 Å². The lowest BCUT2D eigenvalue weighted by Crippen LogP contribution is -2.05. The molecule has 0 bridgehead atoms. The van der Waals surface area contributed by atoms with Crippen LogP contribution in [0, 0.1) is 5.92 Å². The summed E-state index contributed by atoms with van der Waals surface area (Å²) in [7, 11) is 0. The molecule has 0 fully saturated rings. The van der Waals surface area contributed by atoms with Gasteiger partial charge in [-0.1, -0.05) is 67.5 Å². The molecule has 1 aromatic rings. The highest BCUT2D eigenvalue weighted by atomic mass is 16.4. The standard InChI is InChI=1S/C22H30O2/c1-2-3-10-18-14-9-15-21(18)17-20(13-7-8-16-22(23)24)19-11-5-4-6-12-19/h3-6,10-12,15,18,20H,2,7-9,13-14,16-17H2,1H3,(H,23,24)/t18-,20?/m0/s1. The van der Waals surface area contributed by atoms with E-state index in [9.17, 15) is 4.79 Å². The van der Waals surface area contributed by atoms with Crippen LogP contribution in [0.3, 0.4) is 0 Å². The van der Waals surface area contributed by atoms with Crippen LogP contribution in [0.4, 0.5) is 0 Å². The van der Waals surface area contributed by atoms with Crippen molar-refractivity contribution in [1.29, 1.82) is 0 Å². The molecule has 0 spiro atoms. The predicted molar refractivity (Wildman–Crippen MR) is 100 cm³/mol. The summed E-state index contributed by atoms with van der Waals surface area (Å²) in [5, 5.41) is 8.83. The van der Waals surface area contributed by atoms with E-state index in [1.807, 2.05) is 0 Å². The van der Waals surface area contributed by atoms with E-state index in [4.69, 9.17) is 5.11 Å². The second-order valence-corrected chi connectivity index (χ2v) is 6.75. The Morgan fingerprint density at radius 1 is 1.29 bits per heavy atom. The summed E-state index contributed by atoms with van der Waals surface area (Å²) in [6, 6.07) is 10.7. The Bertz CT molecular complexity index is 557. The van der Waals surface area contributed by atoms with E-state index in [2.05, 4.69) is 55.5 Å². The van der Waals surface area contributed by atoms with Crippen LogP contribution in [-0.2, 0) is 4.79 Å². The van der Waals surface area contributed by atoms with Crippen LogP contribution in [0.25, 0.3) is 0 Å². The normalized spacial score (nSPS) is 18.7. The second-order valence-electron chi connectivity index (χ2n) is 6.75. The van der Waals surface area contributed by atoms with Gasteiger partial charge in [0, 0.05) is 6.42 Å². The maximum absolute atomic E-state index is 10.7. The quantitative estimate of drug-likeness (QED) is 0.416. The molecule has 0 aromatic heterocycles. The fraction of sp³-hybridized carbons (Fsp3) is 0.500. The second kappa shape index (κ2) is 10.1. The molecule has 1 aliphatic rings. The maximum Gasteiger partial charge on any atom is 0.303 e. The van der Waals surface area contributed by atoms with Gasteiger partial charge in [0.05, 0.1) is 0 Å². The van der Waals surface area contributed by atoms with Gasteiger partial charge in [-0.25, -0.2) is 0 Å². The fourth-order valence-electron chi connectivity index (χ4n) is 3.60. The number of carboxylic acid groups (broad SMARTS) is 1. The maximum atomic E-state index is 10.7. The number of allylic oxidation sites excluding steroid dienone is 4. The van der Waals surface area contributed by atoms with Crippen LogP contribution in [0.2, 0.25) is 0 Å². The molecule has 2 nitrogen and oxygen atoms in total. The summed E-state index contributed by atoms with van der Waals surface area (Å²) in [4.78, 5) is 10.7. The SMILES string of the molecule is CCC=C[C@H]1CCC=C1CC(CCCCC(=O)O)c1ccccc1. The van der Waals surface area contributed by atoms with Crippen molar-refractivity contribution in [2.45, 2.75) is 64.2 Å². The molecular formula is C22H30O2. The Hall–Kier alpha value is -1.83. The van der Waals surface area contributed by atoms with Crippen molar-refractivity contribution in [3.63, 3.8) is 0 Å². The minimum absolute atomic E-state index is 0.284. The highest BCUT2D eigenvalue weighted by molar-refractivity contribution is 5.66. The first-order valence-electron chi connectivity index (χ1n) is 9.33. The molecule has 2 rings (SSSR count). The van der Waals surface area contributed by atoms with Crippen LogP contribution < -0.4 is 0 Å². The van der Waals surface area contributed by atoms with Crippen molar-refractivity contribution in [2.24, 2.45) is 5.92 Å². The number of benzene rings is 1. The fourth-order valence-corrected chi connectivity index (χ4v) is 3.60. The topological polar surface area (TPSA) is 37.3 Å². The lowest BCUT2D eigenvalue weighted by atomic mass is 9.84. The van der Waals surface area contributed by atoms with Crippen molar-refractivity contribution in [1.82, 2.24) is 0 Å². The molecule has 130 valence electrons. The molecule has 0 saturated heterocycles. The summed E-state index contributed by atoms with van der Waals surface area (Å²) in [5.74, 6) is 0.423. The third kappa shape index (κ3) is 5.99. The minimum Gasteiger partial charge on any atom is -0.481 e. The first kappa shape index (κ1) is 18.5. The molecule has 0 heterocycles. The number of carboxylic acids is 1. The number of hydrogen-bond acceptors (Lipinski definition) is 1. The predicted octanol–water partition coefficient (Wildman–Crippen LogP) is 6.11. The van der Waals surface area contributed by atoms with Crippen LogP contribution in [0.1, 0.15) is 69.8 Å². The third-order valence-corrected chi connectivity index (χ3v) is 4.91. The average molecular weight is 326 g/mol. The molecule has 2 heteroatoms. The first-order chi connectivity index (χ1) is 11.7. The van der Waals surface area contributed by atoms with Crippen LogP contribution in [-0.4, -0.2) is 11.1 Å². The van der Waals surface area contributed by atoms with E-state index < -0.39 is 5.97 Å². The zero-order chi connectivity index (χ0) is 17.2. The van der Waals surface area contributed by atoms with Crippen LogP contribution >= 0.6 is 0 Å². The largest absolute Gasteiger partial charge is 0.481 e. The lowest BCUT2D eigenvalue weighted by Gasteiger charge is -2.21. The Balaban J connectivity index is 2.00. The Kier molecular flexibility index (Phi) is 7.81. The van der Waals surface area contributed by atoms with Gasteiger partial charge < -0.3 is 5.11 Å². The third-order valence-electron chi connectivity index (χ3n) is 4.91. The molecule has 1 N–H and O–H groups in total. The van der Waals surface area contributed by atoms with Gasteiger partial charge in [0.15, 0.2) is 0 Å². The van der Waals surface area contributed by atoms with E-state index in [0.29, 0.717) is 11.8 Å². The number of carbonyl (C=O) groups is 1. The van der Waals surface area contributed by atoms with Crippen molar-refractivity contribution < 1.29 is 9.90 Å². The number of aliphatic carboxylic acids is 1. The van der Waals surface area contributed by atoms with Crippen molar-refractivity contribution in [2.75, 3.05) is 0 Å². The zero-order valence-corrected chi connectivity index (χ0v) is 14.8. The van der Waals surface area contributed by atoms with E-state index in [0.717, 1.165) is 32.1 Å². The molecule has 2 atom stereocenters. The first-order valence-corrected chi connectivity index (χ1v) is 9.33. The number of rotatable bonds is 10. The van der Waals surface area contributed by atoms with Crippen LogP contribution in [0.15, 0.2) is 54.1 Å². The Morgan fingerprint density at radius 3 is 2.79 bits per heavy atom. The van der Waals surface area contributed by atoms with Gasteiger partial charge in [-0.15, -0.1) is 0 Å². The molecule has 1 aromatic carbocycles. The summed E-state index contributed by atoms with van der Waals surface area (Å²) in [6.07, 6.45) is 14.8. The lowest BCUT2D eigenvalue weighted by molar-refractivity contribution is -0.137. The minimum atomic E-state index is -0.686. The zero-order valence-electron chi connectivity index (χ0n) is 14.8. The van der Waals surface area contributed by atoms with Gasteiger partial charge in [0.2, 0.25) is 0 Å². The van der Waals surface area contributed by atoms with E-state index in [-0.39, 0.29) is 6.42 Å². The number of unbranched alkanes of at least 4 members (excludes halogenated alkanes) is 1. The monoisotopic (exact) mass is 326 g/mol. The van der Waals surface area contributed by atoms with Gasteiger partial charge >= 0.3 is 5.97 Å². The number of hydrogen-bond donors (Lipinski definition) is 1. The van der Waals surface area contributed by atoms with Gasteiger partial charge in [-0.05, 0) is 55.9 Å². The summed E-state index contributed by atoms with van der Waals surface area (Å²) < 4.78 is 0. The van der Waals surface area contributed by atoms with E-state index in [1.54, 1.807) is 5.57 Å². The molecule has 0 aliphatic heterocycles. The molecule has 0 saturated carbocycles. The summed E-state index contributed by atoms with van der Waals surface area (Å²) in [5.41, 5.74) is 2.96.